The molecule has 0 amide bonds. The maximum Gasteiger partial charge on any atom is 0.191 e. The van der Waals surface area contributed by atoms with E-state index < -0.39 is 0 Å². The van der Waals surface area contributed by atoms with Gasteiger partial charge in [0.2, 0.25) is 0 Å². The van der Waals surface area contributed by atoms with E-state index in [9.17, 15) is 4.39 Å². The van der Waals surface area contributed by atoms with Gasteiger partial charge in [0, 0.05) is 19.6 Å². The van der Waals surface area contributed by atoms with E-state index in [0.29, 0.717) is 6.54 Å². The van der Waals surface area contributed by atoms with Crippen LogP contribution in [-0.4, -0.2) is 43.6 Å². The first-order chi connectivity index (χ1) is 10.2. The van der Waals surface area contributed by atoms with Crippen LogP contribution in [0.25, 0.3) is 0 Å². The van der Waals surface area contributed by atoms with E-state index in [4.69, 9.17) is 0 Å². The average Bonchev–Trinajstić information content (AvgIpc) is 2.50. The van der Waals surface area contributed by atoms with Crippen LogP contribution in [0, 0.1) is 5.82 Å². The highest BCUT2D eigenvalue weighted by Gasteiger charge is 2.01. The normalized spacial score (nSPS) is 11.2. The Kier molecular flexibility index (Phi) is 12.1. The van der Waals surface area contributed by atoms with Crippen LogP contribution in [0.2, 0.25) is 0 Å². The number of hydrogen-bond acceptors (Lipinski definition) is 2. The van der Waals surface area contributed by atoms with Gasteiger partial charge in [0.1, 0.15) is 5.82 Å². The van der Waals surface area contributed by atoms with Gasteiger partial charge >= 0.3 is 0 Å². The van der Waals surface area contributed by atoms with Crippen LogP contribution < -0.4 is 10.6 Å². The van der Waals surface area contributed by atoms with Gasteiger partial charge in [-0.05, 0) is 37.7 Å². The van der Waals surface area contributed by atoms with Gasteiger partial charge in [-0.3, -0.25) is 0 Å². The smallest absolute Gasteiger partial charge is 0.191 e. The lowest BCUT2D eigenvalue weighted by molar-refractivity contribution is 0.308. The zero-order valence-corrected chi connectivity index (χ0v) is 16.1. The molecule has 0 aliphatic heterocycles. The van der Waals surface area contributed by atoms with E-state index in [1.807, 2.05) is 6.92 Å². The van der Waals surface area contributed by atoms with Crippen molar-refractivity contribution >= 4 is 29.9 Å². The number of nitrogens with zero attached hydrogens (tertiary/aromatic N) is 2. The molecule has 4 nitrogen and oxygen atoms in total. The summed E-state index contributed by atoms with van der Waals surface area (Å²) in [6, 6.07) is 6.45. The topological polar surface area (TPSA) is 39.7 Å². The van der Waals surface area contributed by atoms with Crippen LogP contribution in [0.15, 0.2) is 29.3 Å². The summed E-state index contributed by atoms with van der Waals surface area (Å²) in [5.41, 5.74) is 0.998. The molecule has 0 saturated heterocycles. The minimum absolute atomic E-state index is 0. The van der Waals surface area contributed by atoms with Crippen molar-refractivity contribution in [3.8, 4) is 0 Å². The van der Waals surface area contributed by atoms with Crippen LogP contribution in [0.1, 0.15) is 26.3 Å². The van der Waals surface area contributed by atoms with E-state index in [1.165, 1.54) is 12.1 Å². The summed E-state index contributed by atoms with van der Waals surface area (Å²) in [5.74, 6) is 0.584. The molecule has 0 atom stereocenters. The minimum Gasteiger partial charge on any atom is -0.357 e. The van der Waals surface area contributed by atoms with Crippen LogP contribution in [0.5, 0.6) is 0 Å². The summed E-state index contributed by atoms with van der Waals surface area (Å²) in [4.78, 5) is 6.87. The molecule has 1 rings (SSSR count). The summed E-state index contributed by atoms with van der Waals surface area (Å²) >= 11 is 0. The minimum atomic E-state index is -0.216. The molecule has 126 valence electrons. The van der Waals surface area contributed by atoms with Crippen LogP contribution >= 0.6 is 24.0 Å². The lowest BCUT2D eigenvalue weighted by atomic mass is 10.2. The van der Waals surface area contributed by atoms with Crippen molar-refractivity contribution in [3.05, 3.63) is 35.6 Å². The average molecular weight is 422 g/mol. The van der Waals surface area contributed by atoms with Crippen LogP contribution in [0.3, 0.4) is 0 Å². The van der Waals surface area contributed by atoms with Crippen LogP contribution in [-0.2, 0) is 6.54 Å². The third-order valence-electron chi connectivity index (χ3n) is 3.29. The van der Waals surface area contributed by atoms with E-state index in [-0.39, 0.29) is 29.8 Å². The maximum absolute atomic E-state index is 12.9. The first kappa shape index (κ1) is 21.1. The van der Waals surface area contributed by atoms with Gasteiger partial charge in [0.05, 0.1) is 6.54 Å². The van der Waals surface area contributed by atoms with Crippen molar-refractivity contribution in [2.45, 2.75) is 27.3 Å². The SMILES string of the molecule is CCNC(=NCc1ccc(F)cc1)NCCN(CC)CC.I. The van der Waals surface area contributed by atoms with E-state index in [1.54, 1.807) is 12.1 Å². The van der Waals surface area contributed by atoms with Gasteiger partial charge < -0.3 is 15.5 Å². The third kappa shape index (κ3) is 8.53. The quantitative estimate of drug-likeness (QED) is 0.385. The Morgan fingerprint density at radius 3 is 2.27 bits per heavy atom. The van der Waals surface area contributed by atoms with Crippen molar-refractivity contribution in [1.82, 2.24) is 15.5 Å². The van der Waals surface area contributed by atoms with E-state index >= 15 is 0 Å². The zero-order valence-electron chi connectivity index (χ0n) is 13.7. The number of guanidine groups is 1. The Hall–Kier alpha value is -0.890. The molecular weight excluding hydrogens is 394 g/mol. The fourth-order valence-electron chi connectivity index (χ4n) is 1.97. The van der Waals surface area contributed by atoms with Gasteiger partial charge in [-0.2, -0.15) is 0 Å². The second-order valence-electron chi connectivity index (χ2n) is 4.78. The number of likely N-dealkylation sites (N-methyl/N-ethyl adjacent to an activating group) is 1. The molecule has 0 heterocycles. The summed E-state index contributed by atoms with van der Waals surface area (Å²) in [6.07, 6.45) is 0. The highest BCUT2D eigenvalue weighted by atomic mass is 127. The molecule has 0 radical (unpaired) electrons. The maximum atomic E-state index is 12.9. The number of aliphatic imine (C=N–C) groups is 1. The third-order valence-corrected chi connectivity index (χ3v) is 3.29. The molecule has 0 aliphatic carbocycles. The van der Waals surface area contributed by atoms with Crippen molar-refractivity contribution < 1.29 is 4.39 Å². The van der Waals surface area contributed by atoms with E-state index in [2.05, 4.69) is 34.4 Å². The highest BCUT2D eigenvalue weighted by molar-refractivity contribution is 14.0. The molecule has 1 aromatic carbocycles. The largest absolute Gasteiger partial charge is 0.357 e. The second-order valence-corrected chi connectivity index (χ2v) is 4.78. The van der Waals surface area contributed by atoms with Gasteiger partial charge in [-0.1, -0.05) is 26.0 Å². The Labute approximate surface area is 150 Å². The lowest BCUT2D eigenvalue weighted by Gasteiger charge is -2.19. The monoisotopic (exact) mass is 422 g/mol. The van der Waals surface area contributed by atoms with E-state index in [0.717, 1.165) is 44.2 Å². The first-order valence-electron chi connectivity index (χ1n) is 7.68. The zero-order chi connectivity index (χ0) is 15.5. The second kappa shape index (κ2) is 12.6. The lowest BCUT2D eigenvalue weighted by Crippen LogP contribution is -2.41. The number of nitrogens with one attached hydrogen (secondary N) is 2. The fraction of sp³-hybridized carbons (Fsp3) is 0.562. The molecule has 0 saturated carbocycles. The van der Waals surface area contributed by atoms with Crippen molar-refractivity contribution in [1.29, 1.82) is 0 Å². The number of halogens is 2. The fourth-order valence-corrected chi connectivity index (χ4v) is 1.97. The molecule has 0 fully saturated rings. The Morgan fingerprint density at radius 2 is 1.73 bits per heavy atom. The summed E-state index contributed by atoms with van der Waals surface area (Å²) in [7, 11) is 0. The van der Waals surface area contributed by atoms with Crippen molar-refractivity contribution in [2.24, 2.45) is 4.99 Å². The Bertz CT molecular complexity index is 419. The molecule has 6 heteroatoms. The van der Waals surface area contributed by atoms with Gasteiger partial charge in [0.25, 0.3) is 0 Å². The molecule has 2 N–H and O–H groups in total. The van der Waals surface area contributed by atoms with Crippen molar-refractivity contribution in [2.75, 3.05) is 32.7 Å². The number of rotatable bonds is 8. The Morgan fingerprint density at radius 1 is 1.09 bits per heavy atom. The Balaban J connectivity index is 0.00000441. The van der Waals surface area contributed by atoms with Crippen LogP contribution in [0.4, 0.5) is 4.39 Å². The van der Waals surface area contributed by atoms with Gasteiger partial charge in [0.15, 0.2) is 5.96 Å². The predicted molar refractivity (Wildman–Crippen MR) is 102 cm³/mol. The summed E-state index contributed by atoms with van der Waals surface area (Å²) in [5, 5.41) is 6.54. The predicted octanol–water partition coefficient (Wildman–Crippen LogP) is 2.84. The summed E-state index contributed by atoms with van der Waals surface area (Å²) in [6.45, 7) is 11.7. The highest BCUT2D eigenvalue weighted by Crippen LogP contribution is 2.03. The molecule has 0 aromatic heterocycles. The van der Waals surface area contributed by atoms with Gasteiger partial charge in [-0.15, -0.1) is 24.0 Å². The standard InChI is InChI=1S/C16H27FN4.HI/c1-4-18-16(19-11-12-21(5-2)6-3)20-13-14-7-9-15(17)10-8-14;/h7-10H,4-6,11-13H2,1-3H3,(H2,18,19,20);1H. The molecule has 0 spiro atoms. The molecule has 0 aliphatic rings. The first-order valence-corrected chi connectivity index (χ1v) is 7.68. The van der Waals surface area contributed by atoms with Crippen molar-refractivity contribution in [3.63, 3.8) is 0 Å². The molecule has 0 bridgehead atoms. The molecule has 22 heavy (non-hydrogen) atoms. The molecular formula is C16H28FIN4. The number of benzene rings is 1. The molecule has 1 aromatic rings. The molecule has 0 unspecified atom stereocenters. The summed E-state index contributed by atoms with van der Waals surface area (Å²) < 4.78 is 12.9. The van der Waals surface area contributed by atoms with Gasteiger partial charge in [-0.25, -0.2) is 9.38 Å². The number of hydrogen-bond donors (Lipinski definition) is 2.